The van der Waals surface area contributed by atoms with Crippen LogP contribution in [-0.2, 0) is 28.1 Å². The molecule has 266 valence electrons. The van der Waals surface area contributed by atoms with Crippen LogP contribution in [0.15, 0.2) is 105 Å². The van der Waals surface area contributed by atoms with Gasteiger partial charge in [-0.05, 0) is 37.5 Å². The van der Waals surface area contributed by atoms with Gasteiger partial charge in [0.15, 0.2) is 5.58 Å². The van der Waals surface area contributed by atoms with Gasteiger partial charge < -0.3 is 18.9 Å². The SMILES string of the molecule is CC(C)[C@H](NC(=O)Cn1c(-c2ccccc2)ncc(N(C)C(=O)OCc2ccccc2)c1=O)C(=O)c1nnc(C(C)(C)c2nc3ccccc3o2)o1. The van der Waals surface area contributed by atoms with Gasteiger partial charge in [-0.25, -0.2) is 14.8 Å². The van der Waals surface area contributed by atoms with Crippen LogP contribution in [0.1, 0.15) is 55.7 Å². The highest BCUT2D eigenvalue weighted by Crippen LogP contribution is 2.32. The number of amides is 2. The molecule has 0 bridgehead atoms. The Morgan fingerprint density at radius 2 is 1.58 bits per heavy atom. The number of hydrogen-bond acceptors (Lipinski definition) is 11. The lowest BCUT2D eigenvalue weighted by Crippen LogP contribution is -2.47. The van der Waals surface area contributed by atoms with Crippen LogP contribution in [0.25, 0.3) is 22.5 Å². The molecular weight excluding hydrogens is 666 g/mol. The number of benzene rings is 3. The Balaban J connectivity index is 1.23. The lowest BCUT2D eigenvalue weighted by Gasteiger charge is -2.22. The largest absolute Gasteiger partial charge is 0.444 e. The normalized spacial score (nSPS) is 12.1. The van der Waals surface area contributed by atoms with Gasteiger partial charge in [0, 0.05) is 12.6 Å². The summed E-state index contributed by atoms with van der Waals surface area (Å²) in [5, 5.41) is 10.9. The first kappa shape index (κ1) is 35.4. The van der Waals surface area contributed by atoms with Gasteiger partial charge in [0.25, 0.3) is 11.4 Å². The van der Waals surface area contributed by atoms with Crippen LogP contribution in [0.4, 0.5) is 10.5 Å². The summed E-state index contributed by atoms with van der Waals surface area (Å²) in [5.41, 5.74) is 0.830. The fraction of sp³-hybridized carbons (Fsp3) is 0.263. The number of carbonyl (C=O) groups is 3. The molecule has 3 aromatic carbocycles. The number of nitrogens with one attached hydrogen (secondary N) is 1. The minimum Gasteiger partial charge on any atom is -0.444 e. The summed E-state index contributed by atoms with van der Waals surface area (Å²) < 4.78 is 18.3. The van der Waals surface area contributed by atoms with Crippen molar-refractivity contribution in [3.8, 4) is 11.4 Å². The lowest BCUT2D eigenvalue weighted by molar-refractivity contribution is -0.122. The van der Waals surface area contributed by atoms with Gasteiger partial charge >= 0.3 is 6.09 Å². The molecule has 14 nitrogen and oxygen atoms in total. The molecule has 0 radical (unpaired) electrons. The molecule has 3 heterocycles. The number of ketones is 1. The summed E-state index contributed by atoms with van der Waals surface area (Å²) in [6.07, 6.45) is 0.480. The van der Waals surface area contributed by atoms with E-state index in [9.17, 15) is 19.2 Å². The maximum Gasteiger partial charge on any atom is 0.414 e. The highest BCUT2D eigenvalue weighted by atomic mass is 16.6. The summed E-state index contributed by atoms with van der Waals surface area (Å²) in [5.74, 6) is -1.37. The van der Waals surface area contributed by atoms with Gasteiger partial charge in [-0.1, -0.05) is 86.6 Å². The number of carbonyl (C=O) groups excluding carboxylic acids is 3. The predicted octanol–water partition coefficient (Wildman–Crippen LogP) is 5.56. The molecule has 3 aromatic heterocycles. The Morgan fingerprint density at radius 1 is 0.904 bits per heavy atom. The predicted molar refractivity (Wildman–Crippen MR) is 190 cm³/mol. The lowest BCUT2D eigenvalue weighted by atomic mass is 9.93. The summed E-state index contributed by atoms with van der Waals surface area (Å²) >= 11 is 0. The highest BCUT2D eigenvalue weighted by Gasteiger charge is 2.37. The minimum atomic E-state index is -1.09. The first-order chi connectivity index (χ1) is 24.9. The molecular formula is C38H37N7O7. The number of para-hydroxylation sites is 2. The summed E-state index contributed by atoms with van der Waals surface area (Å²) in [6.45, 7) is 6.55. The molecule has 6 rings (SSSR count). The molecule has 0 spiro atoms. The Hall–Kier alpha value is -6.44. The van der Waals surface area contributed by atoms with Crippen molar-refractivity contribution < 1.29 is 28.0 Å². The van der Waals surface area contributed by atoms with Crippen LogP contribution in [0.3, 0.4) is 0 Å². The van der Waals surface area contributed by atoms with Gasteiger partial charge in [0.2, 0.25) is 23.5 Å². The standard InChI is InChI=1S/C38H37N7O7/c1-23(2)30(31(47)33-42-43-36(52-33)38(3,4)35-40-26-18-12-13-19-28(26)51-35)41-29(46)21-45-32(25-16-10-7-11-17-25)39-20-27(34(45)48)44(5)37(49)50-22-24-14-8-6-9-15-24/h6-20,23,30H,21-22H2,1-5H3,(H,41,46)/t30-/m0/s1. The van der Waals surface area contributed by atoms with E-state index in [1.807, 2.05) is 48.5 Å². The van der Waals surface area contributed by atoms with Gasteiger partial charge in [-0.15, -0.1) is 10.2 Å². The second-order valence-corrected chi connectivity index (χ2v) is 13.0. The van der Waals surface area contributed by atoms with E-state index in [1.54, 1.807) is 64.1 Å². The van der Waals surface area contributed by atoms with Crippen LogP contribution >= 0.6 is 0 Å². The van der Waals surface area contributed by atoms with E-state index >= 15 is 0 Å². The van der Waals surface area contributed by atoms with E-state index in [2.05, 4.69) is 25.5 Å². The number of oxazole rings is 1. The van der Waals surface area contributed by atoms with Gasteiger partial charge in [-0.3, -0.25) is 23.9 Å². The third-order valence-electron chi connectivity index (χ3n) is 8.47. The molecule has 2 amide bonds. The summed E-state index contributed by atoms with van der Waals surface area (Å²) in [4.78, 5) is 64.4. The number of fused-ring (bicyclic) bond motifs is 1. The first-order valence-electron chi connectivity index (χ1n) is 16.6. The summed E-state index contributed by atoms with van der Waals surface area (Å²) in [7, 11) is 1.38. The second-order valence-electron chi connectivity index (χ2n) is 13.0. The van der Waals surface area contributed by atoms with E-state index < -0.39 is 47.3 Å². The van der Waals surface area contributed by atoms with E-state index in [4.69, 9.17) is 13.6 Å². The third-order valence-corrected chi connectivity index (χ3v) is 8.47. The molecule has 0 fully saturated rings. The maximum absolute atomic E-state index is 13.9. The molecule has 0 aliphatic heterocycles. The van der Waals surface area contributed by atoms with Crippen molar-refractivity contribution in [3.05, 3.63) is 125 Å². The van der Waals surface area contributed by atoms with Crippen molar-refractivity contribution in [3.63, 3.8) is 0 Å². The van der Waals surface area contributed by atoms with Crippen LogP contribution in [0, 0.1) is 5.92 Å². The number of anilines is 1. The van der Waals surface area contributed by atoms with Crippen molar-refractivity contribution >= 4 is 34.6 Å². The van der Waals surface area contributed by atoms with Gasteiger partial charge in [0.1, 0.15) is 35.6 Å². The molecule has 0 saturated carbocycles. The minimum absolute atomic E-state index is 0.00339. The molecule has 1 N–H and O–H groups in total. The fourth-order valence-corrected chi connectivity index (χ4v) is 5.43. The second kappa shape index (κ2) is 14.8. The Morgan fingerprint density at radius 3 is 2.27 bits per heavy atom. The van der Waals surface area contributed by atoms with Gasteiger partial charge in [-0.2, -0.15) is 0 Å². The topological polar surface area (TPSA) is 176 Å². The number of hydrogen-bond donors (Lipinski definition) is 1. The quantitative estimate of drug-likeness (QED) is 0.158. The maximum atomic E-state index is 13.9. The molecule has 0 aliphatic rings. The van der Waals surface area contributed by atoms with E-state index in [-0.39, 0.29) is 29.9 Å². The number of Topliss-reactive ketones (excluding diaryl/α,β-unsaturated/α-hetero) is 1. The van der Waals surface area contributed by atoms with Gasteiger partial charge in [0.05, 0.1) is 12.2 Å². The van der Waals surface area contributed by atoms with Crippen molar-refractivity contribution in [1.82, 2.24) is 30.0 Å². The van der Waals surface area contributed by atoms with Crippen molar-refractivity contribution in [1.29, 1.82) is 0 Å². The van der Waals surface area contributed by atoms with Crippen LogP contribution in [0.2, 0.25) is 0 Å². The number of nitrogens with zero attached hydrogens (tertiary/aromatic N) is 6. The zero-order valence-electron chi connectivity index (χ0n) is 29.3. The zero-order valence-corrected chi connectivity index (χ0v) is 29.3. The summed E-state index contributed by atoms with van der Waals surface area (Å²) in [6, 6.07) is 24.1. The Labute approximate surface area is 298 Å². The van der Waals surface area contributed by atoms with Crippen molar-refractivity contribution in [2.75, 3.05) is 11.9 Å². The molecule has 1 atom stereocenters. The number of aromatic nitrogens is 5. The Kier molecular flexibility index (Phi) is 10.1. The Bertz CT molecular complexity index is 2240. The fourth-order valence-electron chi connectivity index (χ4n) is 5.43. The monoisotopic (exact) mass is 703 g/mol. The van der Waals surface area contributed by atoms with E-state index in [1.165, 1.54) is 13.2 Å². The smallest absolute Gasteiger partial charge is 0.414 e. The van der Waals surface area contributed by atoms with Crippen molar-refractivity contribution in [2.24, 2.45) is 5.92 Å². The third kappa shape index (κ3) is 7.36. The van der Waals surface area contributed by atoms with Crippen LogP contribution in [0.5, 0.6) is 0 Å². The van der Waals surface area contributed by atoms with E-state index in [0.29, 0.717) is 22.6 Å². The highest BCUT2D eigenvalue weighted by molar-refractivity contribution is 5.98. The van der Waals surface area contributed by atoms with E-state index in [0.717, 1.165) is 15.0 Å². The average Bonchev–Trinajstić information content (AvgIpc) is 3.83. The molecule has 0 unspecified atom stereocenters. The first-order valence-corrected chi connectivity index (χ1v) is 16.6. The van der Waals surface area contributed by atoms with Crippen LogP contribution in [-0.4, -0.2) is 55.6 Å². The molecule has 14 heteroatoms. The molecule has 52 heavy (non-hydrogen) atoms. The molecule has 0 saturated heterocycles. The van der Waals surface area contributed by atoms with Crippen molar-refractivity contribution in [2.45, 2.75) is 52.3 Å². The molecule has 6 aromatic rings. The zero-order chi connectivity index (χ0) is 37.0. The number of rotatable bonds is 12. The number of ether oxygens (including phenoxy) is 1. The molecule has 0 aliphatic carbocycles. The van der Waals surface area contributed by atoms with Crippen LogP contribution < -0.4 is 15.8 Å². The average molecular weight is 704 g/mol.